The standard InChI is InChI=1S/C17H23ClN2O5S/c1-12(2)10-19-16(21)11-25-17(22)13-5-6-14(18)15(9-13)26(23,24)20-7-3-4-8-20/h5-6,9,12H,3-4,7-8,10-11H2,1-2H3,(H,19,21). The molecule has 0 aliphatic carbocycles. The number of halogens is 1. The lowest BCUT2D eigenvalue weighted by Crippen LogP contribution is -2.31. The smallest absolute Gasteiger partial charge is 0.338 e. The number of benzene rings is 1. The van der Waals surface area contributed by atoms with Crippen molar-refractivity contribution in [2.75, 3.05) is 26.2 Å². The highest BCUT2D eigenvalue weighted by atomic mass is 35.5. The van der Waals surface area contributed by atoms with Crippen molar-refractivity contribution < 1.29 is 22.7 Å². The van der Waals surface area contributed by atoms with Gasteiger partial charge in [0, 0.05) is 19.6 Å². The zero-order valence-electron chi connectivity index (χ0n) is 14.8. The molecule has 1 aliphatic heterocycles. The van der Waals surface area contributed by atoms with Crippen LogP contribution in [0.4, 0.5) is 0 Å². The second-order valence-corrected chi connectivity index (χ2v) is 8.84. The Morgan fingerprint density at radius 3 is 2.54 bits per heavy atom. The highest BCUT2D eigenvalue weighted by molar-refractivity contribution is 7.89. The first kappa shape index (κ1) is 20.7. The van der Waals surface area contributed by atoms with E-state index in [0.29, 0.717) is 19.6 Å². The summed E-state index contributed by atoms with van der Waals surface area (Å²) in [5.74, 6) is -0.908. The first-order valence-electron chi connectivity index (χ1n) is 8.45. The first-order chi connectivity index (χ1) is 12.2. The van der Waals surface area contributed by atoms with Gasteiger partial charge in [-0.25, -0.2) is 13.2 Å². The summed E-state index contributed by atoms with van der Waals surface area (Å²) in [7, 11) is -3.76. The average Bonchev–Trinajstić information content (AvgIpc) is 3.13. The molecule has 0 atom stereocenters. The van der Waals surface area contributed by atoms with Gasteiger partial charge in [0.15, 0.2) is 6.61 Å². The zero-order valence-corrected chi connectivity index (χ0v) is 16.4. The van der Waals surface area contributed by atoms with Crippen LogP contribution in [0.15, 0.2) is 23.1 Å². The number of ether oxygens (including phenoxy) is 1. The van der Waals surface area contributed by atoms with E-state index >= 15 is 0 Å². The molecule has 144 valence electrons. The molecule has 1 aromatic rings. The van der Waals surface area contributed by atoms with Gasteiger partial charge < -0.3 is 10.1 Å². The average molecular weight is 403 g/mol. The molecule has 1 N–H and O–H groups in total. The van der Waals surface area contributed by atoms with Crippen molar-refractivity contribution in [1.29, 1.82) is 0 Å². The van der Waals surface area contributed by atoms with E-state index in [0.717, 1.165) is 12.8 Å². The summed E-state index contributed by atoms with van der Waals surface area (Å²) in [4.78, 5) is 23.6. The van der Waals surface area contributed by atoms with Gasteiger partial charge in [-0.2, -0.15) is 4.31 Å². The highest BCUT2D eigenvalue weighted by Crippen LogP contribution is 2.28. The number of nitrogens with one attached hydrogen (secondary N) is 1. The molecule has 9 heteroatoms. The van der Waals surface area contributed by atoms with Crippen LogP contribution < -0.4 is 5.32 Å². The number of hydrogen-bond donors (Lipinski definition) is 1. The third kappa shape index (κ3) is 5.18. The van der Waals surface area contributed by atoms with Gasteiger partial charge >= 0.3 is 5.97 Å². The lowest BCUT2D eigenvalue weighted by atomic mass is 10.2. The lowest BCUT2D eigenvalue weighted by Gasteiger charge is -2.17. The third-order valence-electron chi connectivity index (χ3n) is 3.89. The van der Waals surface area contributed by atoms with E-state index in [1.807, 2.05) is 13.8 Å². The number of sulfonamides is 1. The molecule has 1 amide bonds. The third-order valence-corrected chi connectivity index (χ3v) is 6.27. The van der Waals surface area contributed by atoms with Crippen molar-refractivity contribution >= 4 is 33.5 Å². The monoisotopic (exact) mass is 402 g/mol. The van der Waals surface area contributed by atoms with Gasteiger partial charge in [-0.3, -0.25) is 4.79 Å². The Bertz CT molecular complexity index is 773. The van der Waals surface area contributed by atoms with E-state index in [4.69, 9.17) is 16.3 Å². The summed E-state index contributed by atoms with van der Waals surface area (Å²) in [6, 6.07) is 3.92. The Morgan fingerprint density at radius 2 is 1.92 bits per heavy atom. The molecular formula is C17H23ClN2O5S. The van der Waals surface area contributed by atoms with Gasteiger partial charge in [-0.15, -0.1) is 0 Å². The molecule has 1 aromatic carbocycles. The number of carbonyl (C=O) groups is 2. The van der Waals surface area contributed by atoms with Gasteiger partial charge in [-0.1, -0.05) is 25.4 Å². The van der Waals surface area contributed by atoms with Crippen molar-refractivity contribution in [1.82, 2.24) is 9.62 Å². The Balaban J connectivity index is 2.08. The van der Waals surface area contributed by atoms with E-state index in [-0.39, 0.29) is 21.4 Å². The summed E-state index contributed by atoms with van der Waals surface area (Å²) >= 11 is 6.04. The molecule has 2 rings (SSSR count). The predicted octanol–water partition coefficient (Wildman–Crippen LogP) is 2.05. The predicted molar refractivity (Wildman–Crippen MR) is 97.6 cm³/mol. The maximum Gasteiger partial charge on any atom is 0.338 e. The van der Waals surface area contributed by atoms with Crippen LogP contribution in [0.3, 0.4) is 0 Å². The van der Waals surface area contributed by atoms with Crippen molar-refractivity contribution in [3.8, 4) is 0 Å². The van der Waals surface area contributed by atoms with Crippen LogP contribution in [-0.2, 0) is 19.6 Å². The number of hydrogen-bond acceptors (Lipinski definition) is 5. The van der Waals surface area contributed by atoms with Crippen LogP contribution in [0.1, 0.15) is 37.0 Å². The highest BCUT2D eigenvalue weighted by Gasteiger charge is 2.30. The van der Waals surface area contributed by atoms with E-state index < -0.39 is 28.5 Å². The second-order valence-electron chi connectivity index (χ2n) is 6.53. The summed E-state index contributed by atoms with van der Waals surface area (Å²) in [5, 5.41) is 2.68. The van der Waals surface area contributed by atoms with E-state index in [2.05, 4.69) is 5.32 Å². The second kappa shape index (κ2) is 8.83. The van der Waals surface area contributed by atoms with Crippen LogP contribution in [0, 0.1) is 5.92 Å². The molecule has 0 unspecified atom stereocenters. The van der Waals surface area contributed by atoms with Crippen molar-refractivity contribution in [2.24, 2.45) is 5.92 Å². The maximum atomic E-state index is 12.7. The van der Waals surface area contributed by atoms with Crippen LogP contribution >= 0.6 is 11.6 Å². The fraction of sp³-hybridized carbons (Fsp3) is 0.529. The first-order valence-corrected chi connectivity index (χ1v) is 10.3. The fourth-order valence-corrected chi connectivity index (χ4v) is 4.50. The number of carbonyl (C=O) groups excluding carboxylic acids is 2. The summed E-state index contributed by atoms with van der Waals surface area (Å²) in [6.07, 6.45) is 1.59. The molecule has 7 nitrogen and oxygen atoms in total. The largest absolute Gasteiger partial charge is 0.452 e. The van der Waals surface area contributed by atoms with E-state index in [1.54, 1.807) is 0 Å². The summed E-state index contributed by atoms with van der Waals surface area (Å²) in [5.41, 5.74) is 0.0313. The molecular weight excluding hydrogens is 380 g/mol. The van der Waals surface area contributed by atoms with E-state index in [1.165, 1.54) is 22.5 Å². The van der Waals surface area contributed by atoms with Gasteiger partial charge in [0.05, 0.1) is 10.6 Å². The minimum absolute atomic E-state index is 0.0313. The molecule has 0 bridgehead atoms. The van der Waals surface area contributed by atoms with E-state index in [9.17, 15) is 18.0 Å². The van der Waals surface area contributed by atoms with Gasteiger partial charge in [0.1, 0.15) is 4.90 Å². The summed E-state index contributed by atoms with van der Waals surface area (Å²) in [6.45, 7) is 4.81. The molecule has 26 heavy (non-hydrogen) atoms. The molecule has 0 aromatic heterocycles. The molecule has 1 fully saturated rings. The fourth-order valence-electron chi connectivity index (χ4n) is 2.48. The van der Waals surface area contributed by atoms with Crippen LogP contribution in [-0.4, -0.2) is 50.8 Å². The van der Waals surface area contributed by atoms with Gasteiger partial charge in [0.25, 0.3) is 5.91 Å². The minimum Gasteiger partial charge on any atom is -0.452 e. The molecule has 0 saturated carbocycles. The lowest BCUT2D eigenvalue weighted by molar-refractivity contribution is -0.124. The topological polar surface area (TPSA) is 92.8 Å². The molecule has 0 spiro atoms. The molecule has 1 heterocycles. The number of nitrogens with zero attached hydrogens (tertiary/aromatic N) is 1. The Morgan fingerprint density at radius 1 is 1.27 bits per heavy atom. The Kier molecular flexibility index (Phi) is 7.02. The normalized spacial score (nSPS) is 15.2. The van der Waals surface area contributed by atoms with Crippen molar-refractivity contribution in [3.05, 3.63) is 28.8 Å². The van der Waals surface area contributed by atoms with Crippen LogP contribution in [0.25, 0.3) is 0 Å². The molecule has 0 radical (unpaired) electrons. The van der Waals surface area contributed by atoms with Crippen molar-refractivity contribution in [3.63, 3.8) is 0 Å². The Labute approximate surface area is 158 Å². The van der Waals surface area contributed by atoms with Gasteiger partial charge in [0.2, 0.25) is 10.0 Å². The minimum atomic E-state index is -3.76. The maximum absolute atomic E-state index is 12.7. The number of amides is 1. The van der Waals surface area contributed by atoms with Gasteiger partial charge in [-0.05, 0) is 37.0 Å². The van der Waals surface area contributed by atoms with Crippen molar-refractivity contribution in [2.45, 2.75) is 31.6 Å². The number of rotatable bonds is 7. The SMILES string of the molecule is CC(C)CNC(=O)COC(=O)c1ccc(Cl)c(S(=O)(=O)N2CCCC2)c1. The quantitative estimate of drug-likeness (QED) is 0.704. The van der Waals surface area contributed by atoms with Crippen LogP contribution in [0.5, 0.6) is 0 Å². The summed E-state index contributed by atoms with van der Waals surface area (Å²) < 4.78 is 31.6. The zero-order chi connectivity index (χ0) is 19.3. The molecule has 1 aliphatic rings. The van der Waals surface area contributed by atoms with Crippen LogP contribution in [0.2, 0.25) is 5.02 Å². The molecule has 1 saturated heterocycles. The number of esters is 1. The Hall–Kier alpha value is -1.64.